The Bertz CT molecular complexity index is 1570. The topological polar surface area (TPSA) is 103 Å². The van der Waals surface area contributed by atoms with Crippen LogP contribution >= 0.6 is 11.3 Å². The van der Waals surface area contributed by atoms with Crippen LogP contribution in [-0.4, -0.2) is 70.3 Å². The first-order valence-corrected chi connectivity index (χ1v) is 15.0. The van der Waals surface area contributed by atoms with Crippen molar-refractivity contribution in [1.29, 1.82) is 5.41 Å². The minimum atomic E-state index is -0.570. The van der Waals surface area contributed by atoms with Gasteiger partial charge in [0.05, 0.1) is 30.1 Å². The Hall–Kier alpha value is -3.99. The molecule has 1 unspecified atom stereocenters. The first kappa shape index (κ1) is 29.5. The van der Waals surface area contributed by atoms with Crippen molar-refractivity contribution in [3.8, 4) is 16.9 Å². The number of anilines is 1. The molecule has 1 amide bonds. The van der Waals surface area contributed by atoms with E-state index < -0.39 is 5.60 Å². The number of rotatable bonds is 7. The second-order valence-corrected chi connectivity index (χ2v) is 12.7. The van der Waals surface area contributed by atoms with Crippen LogP contribution in [-0.2, 0) is 4.74 Å². The van der Waals surface area contributed by atoms with Crippen LogP contribution in [0.5, 0.6) is 5.75 Å². The number of carbonyl (C=O) groups is 1. The largest absolute Gasteiger partial charge is 0.490 e. The average Bonchev–Trinajstić information content (AvgIpc) is 3.57. The minimum absolute atomic E-state index is 0.0222. The molecule has 3 aromatic rings. The number of piperazine rings is 1. The zero-order chi connectivity index (χ0) is 30.2. The molecule has 0 saturated carbocycles. The van der Waals surface area contributed by atoms with Crippen molar-refractivity contribution in [2.45, 2.75) is 65.7 Å². The van der Waals surface area contributed by atoms with Crippen molar-refractivity contribution in [2.75, 3.05) is 25.0 Å². The van der Waals surface area contributed by atoms with Crippen LogP contribution in [0.3, 0.4) is 0 Å². The summed E-state index contributed by atoms with van der Waals surface area (Å²) in [4.78, 5) is 19.7. The van der Waals surface area contributed by atoms with E-state index in [2.05, 4.69) is 5.32 Å². The molecule has 2 aromatic heterocycles. The van der Waals surface area contributed by atoms with Crippen LogP contribution < -0.4 is 10.1 Å². The Kier molecular flexibility index (Phi) is 8.23. The Labute approximate surface area is 249 Å². The number of allylic oxidation sites excluding steroid dienone is 1. The highest BCUT2D eigenvalue weighted by atomic mass is 32.1. The van der Waals surface area contributed by atoms with E-state index in [1.54, 1.807) is 28.5 Å². The fourth-order valence-electron chi connectivity index (χ4n) is 5.07. The lowest BCUT2D eigenvalue weighted by Gasteiger charge is -2.37. The first-order valence-electron chi connectivity index (χ1n) is 14.1. The maximum atomic E-state index is 14.4. The Morgan fingerprint density at radius 2 is 2.05 bits per heavy atom. The van der Waals surface area contributed by atoms with E-state index in [0.717, 1.165) is 32.5 Å². The molecule has 9 nitrogen and oxygen atoms in total. The van der Waals surface area contributed by atoms with Gasteiger partial charge in [0.25, 0.3) is 0 Å². The molecule has 2 aliphatic heterocycles. The summed E-state index contributed by atoms with van der Waals surface area (Å²) in [7, 11) is 0. The Balaban J connectivity index is 1.60. The summed E-state index contributed by atoms with van der Waals surface area (Å²) in [5.74, 6) is 0.701. The predicted molar refractivity (Wildman–Crippen MR) is 166 cm³/mol. The summed E-state index contributed by atoms with van der Waals surface area (Å²) >= 11 is 1.57. The van der Waals surface area contributed by atoms with Crippen LogP contribution in [0.15, 0.2) is 46.5 Å². The molecule has 0 radical (unpaired) electrons. The van der Waals surface area contributed by atoms with Gasteiger partial charge in [0.1, 0.15) is 23.0 Å². The second kappa shape index (κ2) is 11.7. The number of carbonyl (C=O) groups excluding carboxylic acids is 1. The molecule has 1 aromatic carbocycles. The number of benzene rings is 1. The van der Waals surface area contributed by atoms with E-state index in [-0.39, 0.29) is 24.1 Å². The highest BCUT2D eigenvalue weighted by Crippen LogP contribution is 2.43. The van der Waals surface area contributed by atoms with Gasteiger partial charge < -0.3 is 25.1 Å². The SMILES string of the molecule is C/C(C=N)=C/Nc1nc(C2=NN3CCN(C(=O)OC(C)(C)C)CC3C2)c(-c2ccc(F)cc2OC(C)C)c2sccc12. The summed E-state index contributed by atoms with van der Waals surface area (Å²) in [6.07, 6.45) is 3.12. The predicted octanol–water partition coefficient (Wildman–Crippen LogP) is 6.88. The normalized spacial score (nSPS) is 17.4. The van der Waals surface area contributed by atoms with E-state index in [1.807, 2.05) is 58.0 Å². The van der Waals surface area contributed by atoms with Gasteiger partial charge >= 0.3 is 6.09 Å². The number of nitrogens with zero attached hydrogens (tertiary/aromatic N) is 4. The Morgan fingerprint density at radius 3 is 2.76 bits per heavy atom. The van der Waals surface area contributed by atoms with Gasteiger partial charge in [-0.05, 0) is 70.7 Å². The third kappa shape index (κ3) is 6.25. The first-order chi connectivity index (χ1) is 19.9. The number of pyridine rings is 1. The highest BCUT2D eigenvalue weighted by molar-refractivity contribution is 7.18. The monoisotopic (exact) mass is 592 g/mol. The fraction of sp³-hybridized carbons (Fsp3) is 0.419. The minimum Gasteiger partial charge on any atom is -0.490 e. The van der Waals surface area contributed by atoms with Gasteiger partial charge in [0.2, 0.25) is 0 Å². The number of fused-ring (bicyclic) bond motifs is 2. The van der Waals surface area contributed by atoms with Gasteiger partial charge in [-0.15, -0.1) is 11.3 Å². The average molecular weight is 593 g/mol. The lowest BCUT2D eigenvalue weighted by atomic mass is 9.96. The van der Waals surface area contributed by atoms with Gasteiger partial charge in [0.15, 0.2) is 0 Å². The maximum absolute atomic E-state index is 14.4. The highest BCUT2D eigenvalue weighted by Gasteiger charge is 2.37. The molecule has 1 saturated heterocycles. The molecule has 5 rings (SSSR count). The molecule has 11 heteroatoms. The molecule has 1 fully saturated rings. The van der Waals surface area contributed by atoms with E-state index in [0.29, 0.717) is 43.3 Å². The molecule has 42 heavy (non-hydrogen) atoms. The number of hydrogen-bond donors (Lipinski definition) is 2. The number of hydrogen-bond acceptors (Lipinski definition) is 9. The molecule has 4 heterocycles. The molecule has 0 spiro atoms. The van der Waals surface area contributed by atoms with E-state index in [9.17, 15) is 9.18 Å². The van der Waals surface area contributed by atoms with E-state index in [1.165, 1.54) is 18.3 Å². The number of amides is 1. The van der Waals surface area contributed by atoms with Crippen LogP contribution in [0.1, 0.15) is 53.7 Å². The number of ether oxygens (including phenoxy) is 2. The standard InChI is InChI=1S/C31H37FN6O3S/c1-18(2)40-25-13-20(32)7-8-22(25)26-27(35-29(34-16-19(3)15-33)23-9-12-42-28(23)26)24-14-21-17-37(10-11-38(21)36-24)30(39)41-31(4,5)6/h7-9,12-13,15-16,18,21,33H,10-11,14,17H2,1-6H3,(H,34,35)/b19-16-,33-15?. The smallest absolute Gasteiger partial charge is 0.410 e. The zero-order valence-electron chi connectivity index (χ0n) is 24.8. The van der Waals surface area contributed by atoms with Gasteiger partial charge in [0, 0.05) is 59.2 Å². The summed E-state index contributed by atoms with van der Waals surface area (Å²) in [5, 5.41) is 20.8. The van der Waals surface area contributed by atoms with Crippen molar-refractivity contribution in [1.82, 2.24) is 14.9 Å². The number of aromatic nitrogens is 1. The van der Waals surface area contributed by atoms with Crippen LogP contribution in [0.2, 0.25) is 0 Å². The maximum Gasteiger partial charge on any atom is 0.410 e. The second-order valence-electron chi connectivity index (χ2n) is 11.8. The molecule has 0 bridgehead atoms. The summed E-state index contributed by atoms with van der Waals surface area (Å²) in [6.45, 7) is 12.8. The van der Waals surface area contributed by atoms with E-state index in [4.69, 9.17) is 25.0 Å². The quantitative estimate of drug-likeness (QED) is 0.290. The molecule has 1 atom stereocenters. The number of halogens is 1. The molecular formula is C31H37FN6O3S. The van der Waals surface area contributed by atoms with Crippen molar-refractivity contribution in [2.24, 2.45) is 5.10 Å². The number of hydrazone groups is 1. The fourth-order valence-corrected chi connectivity index (χ4v) is 6.03. The molecule has 0 aliphatic carbocycles. The van der Waals surface area contributed by atoms with Gasteiger partial charge in [-0.3, -0.25) is 5.01 Å². The zero-order valence-corrected chi connectivity index (χ0v) is 25.6. The third-order valence-corrected chi connectivity index (χ3v) is 7.83. The lowest BCUT2D eigenvalue weighted by Crippen LogP contribution is -2.52. The molecular weight excluding hydrogens is 555 g/mol. The van der Waals surface area contributed by atoms with Crippen molar-refractivity contribution < 1.29 is 18.7 Å². The summed E-state index contributed by atoms with van der Waals surface area (Å²) < 4.78 is 27.1. The Morgan fingerprint density at radius 1 is 1.26 bits per heavy atom. The van der Waals surface area contributed by atoms with E-state index >= 15 is 0 Å². The van der Waals surface area contributed by atoms with Crippen molar-refractivity contribution in [3.05, 3.63) is 52.9 Å². The van der Waals surface area contributed by atoms with Gasteiger partial charge in [-0.1, -0.05) is 0 Å². The third-order valence-electron chi connectivity index (χ3n) is 6.90. The van der Waals surface area contributed by atoms with Gasteiger partial charge in [-0.25, -0.2) is 14.2 Å². The van der Waals surface area contributed by atoms with Crippen LogP contribution in [0.4, 0.5) is 15.0 Å². The number of thiophene rings is 1. The molecule has 2 N–H and O–H groups in total. The van der Waals surface area contributed by atoms with Crippen molar-refractivity contribution >= 4 is 45.3 Å². The van der Waals surface area contributed by atoms with Crippen LogP contribution in [0, 0.1) is 11.2 Å². The molecule has 2 aliphatic rings. The van der Waals surface area contributed by atoms with Crippen molar-refractivity contribution in [3.63, 3.8) is 0 Å². The lowest BCUT2D eigenvalue weighted by molar-refractivity contribution is 0.00725. The van der Waals surface area contributed by atoms with Gasteiger partial charge in [-0.2, -0.15) is 5.10 Å². The number of nitrogens with one attached hydrogen (secondary N) is 2. The summed E-state index contributed by atoms with van der Waals surface area (Å²) in [6, 6.07) is 6.57. The molecule has 222 valence electrons. The summed E-state index contributed by atoms with van der Waals surface area (Å²) in [5.41, 5.74) is 3.20. The van der Waals surface area contributed by atoms with Crippen LogP contribution in [0.25, 0.3) is 21.2 Å².